The second-order valence-electron chi connectivity index (χ2n) is 3.44. The maximum atomic E-state index is 9.49. The summed E-state index contributed by atoms with van der Waals surface area (Å²) in [5.74, 6) is 0.00107. The number of benzene rings is 1. The largest absolute Gasteiger partial charge is 0.504 e. The number of aryl methyl sites for hydroxylation is 1. The molecule has 0 saturated heterocycles. The molecule has 0 unspecified atom stereocenters. The van der Waals surface area contributed by atoms with Gasteiger partial charge >= 0.3 is 0 Å². The molecule has 0 aliphatic rings. The second kappa shape index (κ2) is 5.61. The molecule has 0 aliphatic heterocycles. The van der Waals surface area contributed by atoms with E-state index < -0.39 is 12.9 Å². The Bertz CT molecular complexity index is 449. The highest BCUT2D eigenvalue weighted by molar-refractivity contribution is 5.41. The van der Waals surface area contributed by atoms with Crippen LogP contribution in [0.25, 0.3) is 0 Å². The van der Waals surface area contributed by atoms with Crippen molar-refractivity contribution in [2.24, 2.45) is 0 Å². The first-order valence-corrected chi connectivity index (χ1v) is 4.77. The number of phenolic OH excluding ortho intramolecular Hbond substituents is 1. The number of ether oxygens (including phenoxy) is 1. The zero-order valence-electron chi connectivity index (χ0n) is 13.2. The van der Waals surface area contributed by atoms with Crippen LogP contribution in [-0.2, 0) is 6.37 Å². The predicted octanol–water partition coefficient (Wildman–Crippen LogP) is 1.94. The van der Waals surface area contributed by atoms with Gasteiger partial charge in [-0.25, -0.2) is 0 Å². The molecule has 0 atom stereocenters. The summed E-state index contributed by atoms with van der Waals surface area (Å²) in [4.78, 5) is 0. The summed E-state index contributed by atoms with van der Waals surface area (Å²) < 4.78 is 36.6. The van der Waals surface area contributed by atoms with Crippen LogP contribution in [-0.4, -0.2) is 24.8 Å². The van der Waals surface area contributed by atoms with Crippen LogP contribution in [0.2, 0.25) is 0 Å². The molecular formula is C12H19NO2. The van der Waals surface area contributed by atoms with Gasteiger partial charge in [-0.15, -0.1) is 0 Å². The van der Waals surface area contributed by atoms with Crippen LogP contribution in [0.15, 0.2) is 18.2 Å². The quantitative estimate of drug-likeness (QED) is 0.785. The van der Waals surface area contributed by atoms with Crippen LogP contribution in [0.5, 0.6) is 11.5 Å². The molecule has 0 amide bonds. The molecule has 3 nitrogen and oxygen atoms in total. The summed E-state index contributed by atoms with van der Waals surface area (Å²) >= 11 is 0. The van der Waals surface area contributed by atoms with Crippen molar-refractivity contribution in [1.82, 2.24) is 5.32 Å². The minimum absolute atomic E-state index is 0.0975. The molecule has 0 radical (unpaired) electrons. The minimum atomic E-state index is -2.27. The minimum Gasteiger partial charge on any atom is -0.504 e. The molecule has 0 bridgehead atoms. The van der Waals surface area contributed by atoms with E-state index in [-0.39, 0.29) is 23.1 Å². The molecule has 1 aromatic carbocycles. The van der Waals surface area contributed by atoms with Crippen molar-refractivity contribution in [3.63, 3.8) is 0 Å². The second-order valence-corrected chi connectivity index (χ2v) is 3.44. The van der Waals surface area contributed by atoms with E-state index in [2.05, 4.69) is 5.32 Å². The zero-order valence-corrected chi connectivity index (χ0v) is 9.16. The van der Waals surface area contributed by atoms with Gasteiger partial charge in [-0.3, -0.25) is 0 Å². The molecule has 0 fully saturated rings. The molecule has 15 heavy (non-hydrogen) atoms. The molecule has 3 heteroatoms. The van der Waals surface area contributed by atoms with E-state index in [1.165, 1.54) is 25.3 Å². The van der Waals surface area contributed by atoms with E-state index in [9.17, 15) is 5.11 Å². The molecule has 1 rings (SSSR count). The van der Waals surface area contributed by atoms with Gasteiger partial charge in [-0.1, -0.05) is 19.9 Å². The summed E-state index contributed by atoms with van der Waals surface area (Å²) in [6, 6.07) is 3.73. The predicted molar refractivity (Wildman–Crippen MR) is 61.5 cm³/mol. The van der Waals surface area contributed by atoms with Crippen molar-refractivity contribution in [2.45, 2.75) is 26.3 Å². The topological polar surface area (TPSA) is 41.5 Å². The Labute approximate surface area is 96.7 Å². The Morgan fingerprint density at radius 1 is 1.53 bits per heavy atom. The van der Waals surface area contributed by atoms with E-state index in [0.29, 0.717) is 0 Å². The van der Waals surface area contributed by atoms with Crippen molar-refractivity contribution in [3.8, 4) is 11.5 Å². The summed E-state index contributed by atoms with van der Waals surface area (Å²) in [6.07, 6.45) is -2.27. The van der Waals surface area contributed by atoms with Crippen molar-refractivity contribution >= 4 is 0 Å². The molecule has 2 N–H and O–H groups in total. The van der Waals surface area contributed by atoms with Gasteiger partial charge in [0.25, 0.3) is 0 Å². The fourth-order valence-corrected chi connectivity index (χ4v) is 1.01. The Balaban J connectivity index is 3.18. The van der Waals surface area contributed by atoms with E-state index in [0.717, 1.165) is 0 Å². The molecule has 84 valence electrons. The molecule has 0 aliphatic carbocycles. The van der Waals surface area contributed by atoms with E-state index >= 15 is 0 Å². The highest BCUT2D eigenvalue weighted by atomic mass is 16.5. The third-order valence-electron chi connectivity index (χ3n) is 1.75. The van der Waals surface area contributed by atoms with Gasteiger partial charge in [0, 0.05) is 11.5 Å². The SMILES string of the molecule is [2H]C([2H])(NC(C)C)C([2H])([2H])c1ccc(O)c(OC)c1. The number of phenols is 1. The van der Waals surface area contributed by atoms with Crippen LogP contribution in [0, 0.1) is 0 Å². The maximum Gasteiger partial charge on any atom is 0.160 e. The van der Waals surface area contributed by atoms with Crippen LogP contribution in [0.1, 0.15) is 24.9 Å². The Kier molecular flexibility index (Phi) is 2.66. The fraction of sp³-hybridized carbons (Fsp3) is 0.500. The van der Waals surface area contributed by atoms with E-state index in [1.54, 1.807) is 13.8 Å². The lowest BCUT2D eigenvalue weighted by atomic mass is 10.1. The third kappa shape index (κ3) is 3.80. The normalized spacial score (nSPS) is 16.5. The first-order valence-electron chi connectivity index (χ1n) is 6.77. The average Bonchev–Trinajstić information content (AvgIpc) is 2.27. The lowest BCUT2D eigenvalue weighted by Crippen LogP contribution is -2.24. The van der Waals surface area contributed by atoms with Gasteiger partial charge in [-0.05, 0) is 30.6 Å². The molecule has 1 aromatic rings. The molecule has 0 aromatic heterocycles. The highest BCUT2D eigenvalue weighted by Crippen LogP contribution is 2.26. The van der Waals surface area contributed by atoms with Crippen LogP contribution < -0.4 is 10.1 Å². The van der Waals surface area contributed by atoms with E-state index in [1.807, 2.05) is 0 Å². The lowest BCUT2D eigenvalue weighted by Gasteiger charge is -2.09. The van der Waals surface area contributed by atoms with Gasteiger partial charge in [-0.2, -0.15) is 0 Å². The van der Waals surface area contributed by atoms with Gasteiger partial charge in [0.15, 0.2) is 11.5 Å². The number of hydrogen-bond acceptors (Lipinski definition) is 3. The van der Waals surface area contributed by atoms with Gasteiger partial charge in [0.1, 0.15) is 0 Å². The number of hydrogen-bond donors (Lipinski definition) is 2. The summed E-state index contributed by atoms with van der Waals surface area (Å²) in [5.41, 5.74) is 0.0975. The van der Waals surface area contributed by atoms with Crippen molar-refractivity contribution < 1.29 is 15.3 Å². The Morgan fingerprint density at radius 3 is 2.87 bits per heavy atom. The average molecular weight is 213 g/mol. The monoisotopic (exact) mass is 213 g/mol. The molecule has 0 heterocycles. The Hall–Kier alpha value is -1.22. The van der Waals surface area contributed by atoms with Crippen LogP contribution >= 0.6 is 0 Å². The van der Waals surface area contributed by atoms with Crippen molar-refractivity contribution in [2.75, 3.05) is 13.6 Å². The number of nitrogens with one attached hydrogen (secondary N) is 1. The third-order valence-corrected chi connectivity index (χ3v) is 1.75. The Morgan fingerprint density at radius 2 is 2.27 bits per heavy atom. The lowest BCUT2D eigenvalue weighted by molar-refractivity contribution is 0.373. The van der Waals surface area contributed by atoms with Crippen LogP contribution in [0.3, 0.4) is 0 Å². The molecular weight excluding hydrogens is 190 g/mol. The van der Waals surface area contributed by atoms with Crippen molar-refractivity contribution in [1.29, 1.82) is 0 Å². The zero-order chi connectivity index (χ0) is 14.8. The fourth-order valence-electron chi connectivity index (χ4n) is 1.01. The van der Waals surface area contributed by atoms with Gasteiger partial charge < -0.3 is 15.2 Å². The van der Waals surface area contributed by atoms with Gasteiger partial charge in [0.05, 0.1) is 7.11 Å². The molecule has 0 spiro atoms. The summed E-state index contributed by atoms with van der Waals surface area (Å²) in [5, 5.41) is 12.1. The molecule has 0 saturated carbocycles. The number of methoxy groups -OCH3 is 1. The first kappa shape index (κ1) is 7.12. The van der Waals surface area contributed by atoms with Gasteiger partial charge in [0.2, 0.25) is 0 Å². The standard InChI is InChI=1S/C12H19NO2/c1-9(2)13-7-6-10-4-5-11(14)12(8-10)15-3/h4-5,8-9,13-14H,6-7H2,1-3H3/i6D2,7D2. The van der Waals surface area contributed by atoms with Crippen molar-refractivity contribution in [3.05, 3.63) is 23.8 Å². The summed E-state index contributed by atoms with van der Waals surface area (Å²) in [7, 11) is 1.36. The van der Waals surface area contributed by atoms with E-state index in [4.69, 9.17) is 10.2 Å². The first-order chi connectivity index (χ1) is 8.61. The van der Waals surface area contributed by atoms with Crippen LogP contribution in [0.4, 0.5) is 0 Å². The summed E-state index contributed by atoms with van der Waals surface area (Å²) in [6.45, 7) is 1.24. The highest BCUT2D eigenvalue weighted by Gasteiger charge is 2.02. The number of rotatable bonds is 5. The number of aromatic hydroxyl groups is 1. The maximum absolute atomic E-state index is 9.49. The smallest absolute Gasteiger partial charge is 0.160 e.